The number of nitrogens with one attached hydrogen (secondary N) is 1. The van der Waals surface area contributed by atoms with E-state index < -0.39 is 0 Å². The number of hydrogen-bond donors (Lipinski definition) is 2. The van der Waals surface area contributed by atoms with Crippen LogP contribution in [0, 0.1) is 5.82 Å². The number of rotatable bonds is 3. The second-order valence-electron chi connectivity index (χ2n) is 7.11. The molecule has 2 aliphatic rings. The normalized spacial score (nSPS) is 29.7. The van der Waals surface area contributed by atoms with Crippen LogP contribution in [0.4, 0.5) is 4.39 Å². The first-order chi connectivity index (χ1) is 11.7. The Morgan fingerprint density at radius 3 is 2.62 bits per heavy atom. The molecule has 24 heavy (non-hydrogen) atoms. The summed E-state index contributed by atoms with van der Waals surface area (Å²) in [6.45, 7) is 0.914. The number of aromatic nitrogens is 3. The van der Waals surface area contributed by atoms with Crippen molar-refractivity contribution in [3.63, 3.8) is 0 Å². The van der Waals surface area contributed by atoms with Gasteiger partial charge in [-0.15, -0.1) is 0 Å². The second kappa shape index (κ2) is 6.26. The maximum absolute atomic E-state index is 13.3. The lowest BCUT2D eigenvalue weighted by Gasteiger charge is -2.46. The van der Waals surface area contributed by atoms with Gasteiger partial charge in [0.2, 0.25) is 0 Å². The largest absolute Gasteiger partial charge is 0.326 e. The number of hydrogen-bond acceptors (Lipinski definition) is 4. The molecule has 3 atom stereocenters. The van der Waals surface area contributed by atoms with E-state index in [9.17, 15) is 4.39 Å². The Labute approximate surface area is 141 Å². The van der Waals surface area contributed by atoms with E-state index >= 15 is 0 Å². The molecule has 1 aliphatic carbocycles. The highest BCUT2D eigenvalue weighted by Crippen LogP contribution is 2.43. The SMILES string of the molecule is NC1[C@H](C2(n3cncn3)CCCC2)NCC[C@H]1c1ccc(F)cc1. The molecule has 0 spiro atoms. The average Bonchev–Trinajstić information content (AvgIpc) is 3.28. The molecule has 0 bridgehead atoms. The first kappa shape index (κ1) is 15.7. The molecule has 3 N–H and O–H groups in total. The summed E-state index contributed by atoms with van der Waals surface area (Å²) in [4.78, 5) is 4.16. The first-order valence-corrected chi connectivity index (χ1v) is 8.80. The molecule has 1 aliphatic heterocycles. The average molecular weight is 329 g/mol. The molecule has 2 aromatic rings. The molecule has 1 saturated carbocycles. The molecule has 0 amide bonds. The van der Waals surface area contributed by atoms with Crippen LogP contribution in [0.1, 0.15) is 43.6 Å². The Morgan fingerprint density at radius 1 is 1.21 bits per heavy atom. The number of nitrogens with two attached hydrogens (primary N) is 1. The summed E-state index contributed by atoms with van der Waals surface area (Å²) in [5.41, 5.74) is 7.77. The number of benzene rings is 1. The second-order valence-corrected chi connectivity index (χ2v) is 7.11. The third kappa shape index (κ3) is 2.54. The Morgan fingerprint density at radius 2 is 1.96 bits per heavy atom. The fraction of sp³-hybridized carbons (Fsp3) is 0.556. The summed E-state index contributed by atoms with van der Waals surface area (Å²) in [7, 11) is 0. The van der Waals surface area contributed by atoms with Gasteiger partial charge in [-0.1, -0.05) is 25.0 Å². The zero-order valence-corrected chi connectivity index (χ0v) is 13.7. The van der Waals surface area contributed by atoms with Crippen molar-refractivity contribution >= 4 is 0 Å². The minimum atomic E-state index is -0.201. The molecule has 128 valence electrons. The fourth-order valence-electron chi connectivity index (χ4n) is 4.71. The molecule has 1 aromatic carbocycles. The molecule has 2 heterocycles. The van der Waals surface area contributed by atoms with Crippen LogP contribution < -0.4 is 11.1 Å². The van der Waals surface area contributed by atoms with Gasteiger partial charge in [-0.3, -0.25) is 0 Å². The highest BCUT2D eigenvalue weighted by atomic mass is 19.1. The maximum Gasteiger partial charge on any atom is 0.137 e. The lowest BCUT2D eigenvalue weighted by molar-refractivity contribution is 0.126. The Kier molecular flexibility index (Phi) is 4.10. The molecule has 2 fully saturated rings. The van der Waals surface area contributed by atoms with E-state index in [4.69, 9.17) is 5.73 Å². The van der Waals surface area contributed by atoms with Gasteiger partial charge in [0.25, 0.3) is 0 Å². The van der Waals surface area contributed by atoms with Gasteiger partial charge < -0.3 is 11.1 Å². The van der Waals surface area contributed by atoms with Gasteiger partial charge in [0.05, 0.1) is 5.54 Å². The van der Waals surface area contributed by atoms with Gasteiger partial charge in [0.15, 0.2) is 0 Å². The van der Waals surface area contributed by atoms with Gasteiger partial charge >= 0.3 is 0 Å². The van der Waals surface area contributed by atoms with Crippen LogP contribution in [-0.2, 0) is 5.54 Å². The molecule has 1 unspecified atom stereocenters. The van der Waals surface area contributed by atoms with Crippen molar-refractivity contribution in [2.45, 2.75) is 55.6 Å². The van der Waals surface area contributed by atoms with E-state index in [0.717, 1.165) is 31.4 Å². The topological polar surface area (TPSA) is 68.8 Å². The summed E-state index contributed by atoms with van der Waals surface area (Å²) >= 11 is 0. The Balaban J connectivity index is 1.66. The van der Waals surface area contributed by atoms with Gasteiger partial charge in [-0.2, -0.15) is 5.10 Å². The van der Waals surface area contributed by atoms with E-state index in [0.29, 0.717) is 0 Å². The van der Waals surface area contributed by atoms with Crippen LogP contribution in [0.25, 0.3) is 0 Å². The molecule has 0 radical (unpaired) electrons. The smallest absolute Gasteiger partial charge is 0.137 e. The quantitative estimate of drug-likeness (QED) is 0.905. The molecule has 6 heteroatoms. The molecular weight excluding hydrogens is 305 g/mol. The van der Waals surface area contributed by atoms with Gasteiger partial charge in [0.1, 0.15) is 18.5 Å². The predicted octanol–water partition coefficient (Wildman–Crippen LogP) is 2.16. The first-order valence-electron chi connectivity index (χ1n) is 8.80. The van der Waals surface area contributed by atoms with E-state index in [1.165, 1.54) is 25.0 Å². The molecule has 1 saturated heterocycles. The fourth-order valence-corrected chi connectivity index (χ4v) is 4.71. The Hall–Kier alpha value is -1.79. The lowest BCUT2D eigenvalue weighted by Crippen LogP contribution is -2.64. The van der Waals surface area contributed by atoms with Gasteiger partial charge in [0, 0.05) is 18.0 Å². The zero-order valence-electron chi connectivity index (χ0n) is 13.7. The minimum absolute atomic E-state index is 0.0356. The van der Waals surface area contributed by atoms with E-state index in [2.05, 4.69) is 15.4 Å². The third-order valence-electron chi connectivity index (χ3n) is 5.89. The zero-order chi connectivity index (χ0) is 16.6. The van der Waals surface area contributed by atoms with Crippen molar-refractivity contribution < 1.29 is 4.39 Å². The van der Waals surface area contributed by atoms with Crippen LogP contribution in [-0.4, -0.2) is 33.4 Å². The van der Waals surface area contributed by atoms with Gasteiger partial charge in [-0.25, -0.2) is 14.1 Å². The standard InChI is InChI=1S/C18H24FN5/c19-14-5-3-13(4-6-14)15-7-10-22-17(16(15)20)18(8-1-2-9-18)24-12-21-11-23-24/h3-6,11-12,15-17,22H,1-2,7-10,20H2/t15-,16?,17+/m0/s1. The third-order valence-corrected chi connectivity index (χ3v) is 5.89. The van der Waals surface area contributed by atoms with Gasteiger partial charge in [-0.05, 0) is 43.5 Å². The van der Waals surface area contributed by atoms with Crippen LogP contribution >= 0.6 is 0 Å². The van der Waals surface area contributed by atoms with Crippen molar-refractivity contribution in [3.05, 3.63) is 48.3 Å². The highest BCUT2D eigenvalue weighted by molar-refractivity contribution is 5.25. The van der Waals surface area contributed by atoms with E-state index in [1.807, 2.05) is 23.1 Å². The number of piperidine rings is 1. The van der Waals surface area contributed by atoms with Crippen molar-refractivity contribution in [2.75, 3.05) is 6.54 Å². The number of halogens is 1. The Bertz CT molecular complexity index is 663. The summed E-state index contributed by atoms with van der Waals surface area (Å²) in [6.07, 6.45) is 8.90. The molecule has 5 nitrogen and oxygen atoms in total. The van der Waals surface area contributed by atoms with E-state index in [-0.39, 0.29) is 29.4 Å². The number of nitrogens with zero attached hydrogens (tertiary/aromatic N) is 3. The van der Waals surface area contributed by atoms with Crippen molar-refractivity contribution in [3.8, 4) is 0 Å². The lowest BCUT2D eigenvalue weighted by atomic mass is 9.74. The predicted molar refractivity (Wildman–Crippen MR) is 90.0 cm³/mol. The van der Waals surface area contributed by atoms with Crippen molar-refractivity contribution in [1.29, 1.82) is 0 Å². The van der Waals surface area contributed by atoms with Crippen LogP contribution in [0.5, 0.6) is 0 Å². The monoisotopic (exact) mass is 329 g/mol. The summed E-state index contributed by atoms with van der Waals surface area (Å²) in [5.74, 6) is 0.0329. The maximum atomic E-state index is 13.3. The summed E-state index contributed by atoms with van der Waals surface area (Å²) in [6, 6.07) is 6.92. The summed E-state index contributed by atoms with van der Waals surface area (Å²) < 4.78 is 15.3. The highest BCUT2D eigenvalue weighted by Gasteiger charge is 2.49. The van der Waals surface area contributed by atoms with Crippen molar-refractivity contribution in [2.24, 2.45) is 5.73 Å². The molecule has 1 aromatic heterocycles. The van der Waals surface area contributed by atoms with Crippen LogP contribution in [0.3, 0.4) is 0 Å². The minimum Gasteiger partial charge on any atom is -0.326 e. The van der Waals surface area contributed by atoms with Crippen molar-refractivity contribution in [1.82, 2.24) is 20.1 Å². The van der Waals surface area contributed by atoms with E-state index in [1.54, 1.807) is 6.33 Å². The van der Waals surface area contributed by atoms with Crippen LogP contribution in [0.2, 0.25) is 0 Å². The van der Waals surface area contributed by atoms with Crippen LogP contribution in [0.15, 0.2) is 36.9 Å². The summed E-state index contributed by atoms with van der Waals surface area (Å²) in [5, 5.41) is 8.11. The molecular formula is C18H24FN5. The molecule has 4 rings (SSSR count).